The number of nitrogens with one attached hydrogen (secondary N) is 4. The summed E-state index contributed by atoms with van der Waals surface area (Å²) in [6.45, 7) is 0. The van der Waals surface area contributed by atoms with Crippen LogP contribution in [0.5, 0.6) is 0 Å². The van der Waals surface area contributed by atoms with Crippen molar-refractivity contribution in [1.82, 2.24) is 15.0 Å². The zero-order chi connectivity index (χ0) is 26.3. The second-order valence-electron chi connectivity index (χ2n) is 8.83. The van der Waals surface area contributed by atoms with Crippen LogP contribution in [0.15, 0.2) is 91.3 Å². The van der Waals surface area contributed by atoms with Gasteiger partial charge in [-0.1, -0.05) is 30.3 Å². The predicted molar refractivity (Wildman–Crippen MR) is 141 cm³/mol. The average molecular weight is 512 g/mol. The normalized spacial score (nSPS) is 14.0. The standard InChI is InChI=1S/C29H20F3N5O/c30-29(31,32)19-6-1-5-18(12-19)27-34-16-26(36-27)17-4-2-7-21(13-17)35-22-9-10-23-24(14-20-8-3-11-33-20)28(38)37-25(23)15-22/h1-16,33,35H,(H,34,36)(H,37,38)/b24-14-. The van der Waals surface area contributed by atoms with Gasteiger partial charge in [-0.3, -0.25) is 4.79 Å². The van der Waals surface area contributed by atoms with Crippen LogP contribution in [0.25, 0.3) is 34.3 Å². The molecule has 0 saturated carbocycles. The number of H-pyrrole nitrogens is 2. The maximum Gasteiger partial charge on any atom is 0.416 e. The number of aromatic amines is 2. The second kappa shape index (κ2) is 9.11. The van der Waals surface area contributed by atoms with E-state index in [2.05, 4.69) is 25.6 Å². The number of rotatable bonds is 5. The number of hydrogen-bond acceptors (Lipinski definition) is 3. The molecule has 0 fully saturated rings. The molecule has 0 atom stereocenters. The average Bonchev–Trinajstić information content (AvgIpc) is 3.65. The van der Waals surface area contributed by atoms with Gasteiger partial charge in [-0.25, -0.2) is 4.98 Å². The lowest BCUT2D eigenvalue weighted by molar-refractivity contribution is -0.137. The molecule has 6 nitrogen and oxygen atoms in total. The fourth-order valence-corrected chi connectivity index (χ4v) is 4.39. The highest BCUT2D eigenvalue weighted by molar-refractivity contribution is 6.35. The van der Waals surface area contributed by atoms with Gasteiger partial charge in [-0.2, -0.15) is 13.2 Å². The molecule has 3 aromatic carbocycles. The fourth-order valence-electron chi connectivity index (χ4n) is 4.39. The second-order valence-corrected chi connectivity index (χ2v) is 8.83. The van der Waals surface area contributed by atoms with Crippen molar-refractivity contribution in [2.75, 3.05) is 10.6 Å². The Hall–Kier alpha value is -5.05. The van der Waals surface area contributed by atoms with Gasteiger partial charge in [0.2, 0.25) is 0 Å². The van der Waals surface area contributed by atoms with Crippen LogP contribution in [0.2, 0.25) is 0 Å². The number of anilines is 3. The Labute approximate surface area is 215 Å². The molecule has 0 spiro atoms. The van der Waals surface area contributed by atoms with Gasteiger partial charge in [-0.15, -0.1) is 0 Å². The maximum absolute atomic E-state index is 13.1. The maximum atomic E-state index is 13.1. The lowest BCUT2D eigenvalue weighted by Crippen LogP contribution is -2.04. The van der Waals surface area contributed by atoms with Crippen molar-refractivity contribution in [2.24, 2.45) is 0 Å². The molecule has 4 N–H and O–H groups in total. The molecule has 6 rings (SSSR count). The molecule has 5 aromatic rings. The van der Waals surface area contributed by atoms with Gasteiger partial charge in [0.1, 0.15) is 5.82 Å². The van der Waals surface area contributed by atoms with Crippen molar-refractivity contribution in [2.45, 2.75) is 6.18 Å². The van der Waals surface area contributed by atoms with Crippen LogP contribution in [-0.4, -0.2) is 20.9 Å². The number of hydrogen-bond donors (Lipinski definition) is 4. The summed E-state index contributed by atoms with van der Waals surface area (Å²) in [6.07, 6.45) is 0.788. The molecule has 2 aromatic heterocycles. The monoisotopic (exact) mass is 511 g/mol. The van der Waals surface area contributed by atoms with Crippen LogP contribution < -0.4 is 10.6 Å². The third-order valence-electron chi connectivity index (χ3n) is 6.23. The lowest BCUT2D eigenvalue weighted by atomic mass is 10.1. The van der Waals surface area contributed by atoms with Crippen LogP contribution in [0.4, 0.5) is 30.2 Å². The van der Waals surface area contributed by atoms with Crippen LogP contribution in [-0.2, 0) is 11.0 Å². The SMILES string of the molecule is O=C1Nc2cc(Nc3cccc(-c4cnc(-c5cccc(C(F)(F)F)c5)[nH]4)c3)ccc2/C1=C/c1ccc[nH]1. The third-order valence-corrected chi connectivity index (χ3v) is 6.23. The quantitative estimate of drug-likeness (QED) is 0.186. The summed E-state index contributed by atoms with van der Waals surface area (Å²) in [7, 11) is 0. The number of benzene rings is 3. The Morgan fingerprint density at radius 1 is 0.868 bits per heavy atom. The molecular weight excluding hydrogens is 491 g/mol. The van der Waals surface area contributed by atoms with E-state index in [0.29, 0.717) is 28.3 Å². The first kappa shape index (κ1) is 23.4. The van der Waals surface area contributed by atoms with E-state index >= 15 is 0 Å². The van der Waals surface area contributed by atoms with Crippen molar-refractivity contribution < 1.29 is 18.0 Å². The summed E-state index contributed by atoms with van der Waals surface area (Å²) in [4.78, 5) is 23.0. The van der Waals surface area contributed by atoms with Crippen LogP contribution in [0.1, 0.15) is 16.8 Å². The van der Waals surface area contributed by atoms with E-state index < -0.39 is 11.7 Å². The summed E-state index contributed by atoms with van der Waals surface area (Å²) < 4.78 is 39.3. The van der Waals surface area contributed by atoms with Gasteiger partial charge in [0.15, 0.2) is 0 Å². The number of aromatic nitrogens is 3. The summed E-state index contributed by atoms with van der Waals surface area (Å²) >= 11 is 0. The number of imidazole rings is 1. The van der Waals surface area contributed by atoms with Gasteiger partial charge >= 0.3 is 6.18 Å². The lowest BCUT2D eigenvalue weighted by Gasteiger charge is -2.10. The van der Waals surface area contributed by atoms with Crippen LogP contribution >= 0.6 is 0 Å². The Balaban J connectivity index is 1.23. The van der Waals surface area contributed by atoms with E-state index in [0.717, 1.165) is 40.3 Å². The number of fused-ring (bicyclic) bond motifs is 1. The highest BCUT2D eigenvalue weighted by Gasteiger charge is 2.30. The number of halogens is 3. The minimum atomic E-state index is -4.42. The molecule has 1 aliphatic rings. The molecule has 0 unspecified atom stereocenters. The molecule has 9 heteroatoms. The van der Waals surface area contributed by atoms with Gasteiger partial charge in [0.25, 0.3) is 5.91 Å². The smallest absolute Gasteiger partial charge is 0.362 e. The summed E-state index contributed by atoms with van der Waals surface area (Å²) in [6, 6.07) is 22.0. The number of nitrogens with zero attached hydrogens (tertiary/aromatic N) is 1. The number of alkyl halides is 3. The third kappa shape index (κ3) is 4.57. The predicted octanol–water partition coefficient (Wildman–Crippen LogP) is 7.33. The Bertz CT molecular complexity index is 1680. The van der Waals surface area contributed by atoms with Crippen molar-refractivity contribution in [1.29, 1.82) is 0 Å². The van der Waals surface area contributed by atoms with Crippen LogP contribution in [0, 0.1) is 0 Å². The molecule has 0 bridgehead atoms. The van der Waals surface area contributed by atoms with Gasteiger partial charge in [0.05, 0.1) is 28.7 Å². The largest absolute Gasteiger partial charge is 0.416 e. The molecule has 3 heterocycles. The topological polar surface area (TPSA) is 85.6 Å². The van der Waals surface area contributed by atoms with E-state index in [1.807, 2.05) is 60.7 Å². The van der Waals surface area contributed by atoms with Crippen molar-refractivity contribution in [3.05, 3.63) is 108 Å². The molecule has 0 radical (unpaired) electrons. The Morgan fingerprint density at radius 2 is 1.68 bits per heavy atom. The Kier molecular flexibility index (Phi) is 5.60. The molecule has 0 aliphatic carbocycles. The summed E-state index contributed by atoms with van der Waals surface area (Å²) in [5.41, 5.74) is 5.66. The number of carbonyl (C=O) groups excluding carboxylic acids is 1. The minimum absolute atomic E-state index is 0.162. The van der Waals surface area contributed by atoms with Crippen molar-refractivity contribution in [3.63, 3.8) is 0 Å². The molecule has 0 saturated heterocycles. The first-order valence-corrected chi connectivity index (χ1v) is 11.7. The number of carbonyl (C=O) groups is 1. The van der Waals surface area contributed by atoms with E-state index in [1.54, 1.807) is 18.5 Å². The van der Waals surface area contributed by atoms with E-state index in [1.165, 1.54) is 6.07 Å². The first-order chi connectivity index (χ1) is 18.3. The molecule has 1 amide bonds. The number of amides is 1. The van der Waals surface area contributed by atoms with E-state index in [9.17, 15) is 18.0 Å². The van der Waals surface area contributed by atoms with Gasteiger partial charge in [0, 0.05) is 40.0 Å². The zero-order valence-electron chi connectivity index (χ0n) is 19.7. The first-order valence-electron chi connectivity index (χ1n) is 11.7. The molecule has 38 heavy (non-hydrogen) atoms. The van der Waals surface area contributed by atoms with Crippen molar-refractivity contribution >= 4 is 34.6 Å². The van der Waals surface area contributed by atoms with Gasteiger partial charge in [-0.05, 0) is 54.6 Å². The highest BCUT2D eigenvalue weighted by Crippen LogP contribution is 2.36. The summed E-state index contributed by atoms with van der Waals surface area (Å²) in [5.74, 6) is 0.187. The molecule has 188 valence electrons. The molecular formula is C29H20F3N5O. The van der Waals surface area contributed by atoms with Crippen LogP contribution in [0.3, 0.4) is 0 Å². The van der Waals surface area contributed by atoms with E-state index in [4.69, 9.17) is 0 Å². The van der Waals surface area contributed by atoms with Crippen molar-refractivity contribution in [3.8, 4) is 22.6 Å². The Morgan fingerprint density at radius 3 is 2.50 bits per heavy atom. The fraction of sp³-hybridized carbons (Fsp3) is 0.0345. The minimum Gasteiger partial charge on any atom is -0.362 e. The molecule has 1 aliphatic heterocycles. The summed E-state index contributed by atoms with van der Waals surface area (Å²) in [5, 5.41) is 6.26. The highest BCUT2D eigenvalue weighted by atomic mass is 19.4. The zero-order valence-corrected chi connectivity index (χ0v) is 19.7. The van der Waals surface area contributed by atoms with Gasteiger partial charge < -0.3 is 20.6 Å². The van der Waals surface area contributed by atoms with E-state index in [-0.39, 0.29) is 5.91 Å².